The number of carbonyl (C=O) groups excluding carboxylic acids is 1. The summed E-state index contributed by atoms with van der Waals surface area (Å²) in [7, 11) is 0.865. The zero-order chi connectivity index (χ0) is 19.5. The first-order chi connectivity index (χ1) is 12.0. The molecule has 2 aromatic carbocycles. The van der Waals surface area contributed by atoms with E-state index in [1.54, 1.807) is 13.8 Å². The number of nitrogens with one attached hydrogen (secondary N) is 1. The van der Waals surface area contributed by atoms with Gasteiger partial charge in [0, 0.05) is 16.2 Å². The third-order valence-corrected chi connectivity index (χ3v) is 4.69. The van der Waals surface area contributed by atoms with E-state index in [0.717, 1.165) is 18.2 Å². The highest BCUT2D eigenvalue weighted by molar-refractivity contribution is 8.13. The van der Waals surface area contributed by atoms with Crippen molar-refractivity contribution in [2.75, 3.05) is 6.54 Å². The van der Waals surface area contributed by atoms with E-state index < -0.39 is 37.1 Å². The Bertz CT molecular complexity index is 915. The molecule has 0 radical (unpaired) electrons. The smallest absolute Gasteiger partial charge is 0.264 e. The number of amides is 1. The molecule has 1 amide bonds. The third kappa shape index (κ3) is 5.40. The molecule has 0 unspecified atom stereocenters. The van der Waals surface area contributed by atoms with Crippen LogP contribution in [0.4, 0.5) is 8.78 Å². The van der Waals surface area contributed by atoms with Crippen molar-refractivity contribution >= 4 is 25.6 Å². The molecular weight excluding hydrogens is 388 g/mol. The van der Waals surface area contributed by atoms with E-state index in [9.17, 15) is 22.0 Å². The second-order valence-corrected chi connectivity index (χ2v) is 8.62. The maximum Gasteiger partial charge on any atom is 0.264 e. The molecule has 0 atom stereocenters. The molecule has 0 saturated carbocycles. The van der Waals surface area contributed by atoms with Crippen LogP contribution in [0.25, 0.3) is 0 Å². The number of benzene rings is 2. The average Bonchev–Trinajstić information content (AvgIpc) is 2.53. The number of hydrogen-bond acceptors (Lipinski definition) is 4. The van der Waals surface area contributed by atoms with Crippen LogP contribution in [0.2, 0.25) is 0 Å². The molecule has 9 heteroatoms. The van der Waals surface area contributed by atoms with Crippen LogP contribution >= 0.6 is 10.7 Å². The molecule has 0 aliphatic heterocycles. The van der Waals surface area contributed by atoms with Crippen molar-refractivity contribution in [2.24, 2.45) is 0 Å². The lowest BCUT2D eigenvalue weighted by molar-refractivity contribution is 0.0824. The van der Waals surface area contributed by atoms with Crippen molar-refractivity contribution in [3.63, 3.8) is 0 Å². The minimum atomic E-state index is -4.23. The van der Waals surface area contributed by atoms with Gasteiger partial charge in [-0.15, -0.1) is 0 Å². The Labute approximate surface area is 154 Å². The monoisotopic (exact) mass is 403 g/mol. The van der Waals surface area contributed by atoms with E-state index in [-0.39, 0.29) is 12.1 Å². The van der Waals surface area contributed by atoms with Crippen LogP contribution in [-0.4, -0.2) is 26.5 Å². The van der Waals surface area contributed by atoms with Crippen molar-refractivity contribution < 1.29 is 26.7 Å². The van der Waals surface area contributed by atoms with Crippen LogP contribution in [-0.2, 0) is 9.05 Å². The van der Waals surface area contributed by atoms with E-state index in [1.807, 2.05) is 0 Å². The summed E-state index contributed by atoms with van der Waals surface area (Å²) >= 11 is 0. The second kappa shape index (κ2) is 7.59. The topological polar surface area (TPSA) is 72.5 Å². The highest BCUT2D eigenvalue weighted by Gasteiger charge is 2.23. The van der Waals surface area contributed by atoms with Gasteiger partial charge in [0.2, 0.25) is 0 Å². The van der Waals surface area contributed by atoms with E-state index in [1.165, 1.54) is 24.3 Å². The van der Waals surface area contributed by atoms with Gasteiger partial charge in [0.1, 0.15) is 27.9 Å². The molecule has 5 nitrogen and oxygen atoms in total. The predicted molar refractivity (Wildman–Crippen MR) is 92.9 cm³/mol. The molecule has 26 heavy (non-hydrogen) atoms. The van der Waals surface area contributed by atoms with Gasteiger partial charge >= 0.3 is 0 Å². The Balaban J connectivity index is 2.03. The normalized spacial score (nSPS) is 11.9. The van der Waals surface area contributed by atoms with Gasteiger partial charge < -0.3 is 10.1 Å². The first-order valence-electron chi connectivity index (χ1n) is 7.45. The summed E-state index contributed by atoms with van der Waals surface area (Å²) in [6, 6.07) is 8.28. The molecule has 0 spiro atoms. The maximum absolute atomic E-state index is 13.8. The van der Waals surface area contributed by atoms with Crippen LogP contribution in [0.15, 0.2) is 47.4 Å². The fraction of sp³-hybridized carbons (Fsp3) is 0.235. The van der Waals surface area contributed by atoms with Crippen LogP contribution in [0.5, 0.6) is 5.75 Å². The number of rotatable bonds is 6. The van der Waals surface area contributed by atoms with E-state index >= 15 is 0 Å². The minimum Gasteiger partial charge on any atom is -0.486 e. The predicted octanol–water partition coefficient (Wildman–Crippen LogP) is 3.48. The van der Waals surface area contributed by atoms with E-state index in [4.69, 9.17) is 15.4 Å². The summed E-state index contributed by atoms with van der Waals surface area (Å²) in [5, 5.41) is 2.57. The van der Waals surface area contributed by atoms with Gasteiger partial charge in [0.15, 0.2) is 0 Å². The van der Waals surface area contributed by atoms with Crippen molar-refractivity contribution in [3.05, 3.63) is 59.7 Å². The van der Waals surface area contributed by atoms with Crippen molar-refractivity contribution in [3.8, 4) is 5.75 Å². The fourth-order valence-electron chi connectivity index (χ4n) is 2.09. The Hall–Kier alpha value is -2.19. The van der Waals surface area contributed by atoms with Crippen LogP contribution in [0.3, 0.4) is 0 Å². The average molecular weight is 404 g/mol. The first-order valence-corrected chi connectivity index (χ1v) is 9.76. The Morgan fingerprint density at radius 2 is 1.77 bits per heavy atom. The van der Waals surface area contributed by atoms with Gasteiger partial charge in [-0.2, -0.15) is 0 Å². The number of ether oxygens (including phenoxy) is 1. The highest BCUT2D eigenvalue weighted by atomic mass is 35.7. The SMILES string of the molecule is CC(C)(CNC(=O)c1ccc(S(=O)(=O)Cl)c(F)c1)Oc1ccc(F)cc1. The van der Waals surface area contributed by atoms with Gasteiger partial charge in [-0.05, 0) is 56.3 Å². The fourth-order valence-corrected chi connectivity index (χ4v) is 2.99. The molecule has 1 N–H and O–H groups in total. The highest BCUT2D eigenvalue weighted by Crippen LogP contribution is 2.21. The van der Waals surface area contributed by atoms with Crippen molar-refractivity contribution in [2.45, 2.75) is 24.3 Å². The van der Waals surface area contributed by atoms with Gasteiger partial charge in [0.25, 0.3) is 15.0 Å². The van der Waals surface area contributed by atoms with Crippen LogP contribution < -0.4 is 10.1 Å². The largest absolute Gasteiger partial charge is 0.486 e. The van der Waals surface area contributed by atoms with Crippen LogP contribution in [0.1, 0.15) is 24.2 Å². The summed E-state index contributed by atoms with van der Waals surface area (Å²) in [5.41, 5.74) is -0.894. The Morgan fingerprint density at radius 3 is 2.31 bits per heavy atom. The molecule has 2 aromatic rings. The zero-order valence-corrected chi connectivity index (χ0v) is 15.5. The van der Waals surface area contributed by atoms with E-state index in [0.29, 0.717) is 5.75 Å². The summed E-state index contributed by atoms with van der Waals surface area (Å²) < 4.78 is 54.7. The zero-order valence-electron chi connectivity index (χ0n) is 13.9. The summed E-state index contributed by atoms with van der Waals surface area (Å²) in [6.07, 6.45) is 0. The van der Waals surface area contributed by atoms with Gasteiger partial charge in [-0.25, -0.2) is 17.2 Å². The summed E-state index contributed by atoms with van der Waals surface area (Å²) in [5.74, 6) is -1.70. The number of halogens is 3. The lowest BCUT2D eigenvalue weighted by atomic mass is 10.1. The molecule has 0 aromatic heterocycles. The molecule has 0 fully saturated rings. The molecule has 0 bridgehead atoms. The first kappa shape index (κ1) is 20.1. The van der Waals surface area contributed by atoms with E-state index in [2.05, 4.69) is 5.32 Å². The molecular formula is C17H16ClF2NO4S. The Kier molecular flexibility index (Phi) is 5.87. The van der Waals surface area contributed by atoms with Crippen LogP contribution in [0, 0.1) is 11.6 Å². The molecule has 0 saturated heterocycles. The lowest BCUT2D eigenvalue weighted by Gasteiger charge is -2.26. The van der Waals surface area contributed by atoms with Crippen molar-refractivity contribution in [1.29, 1.82) is 0 Å². The second-order valence-electron chi connectivity index (χ2n) is 6.08. The molecule has 2 rings (SSSR count). The third-order valence-electron chi connectivity index (χ3n) is 3.34. The van der Waals surface area contributed by atoms with Gasteiger partial charge in [-0.1, -0.05) is 0 Å². The quantitative estimate of drug-likeness (QED) is 0.749. The standard InChI is InChI=1S/C17H16ClF2NO4S/c1-17(2,25-13-6-4-12(19)5-7-13)10-21-16(22)11-3-8-15(14(20)9-11)26(18,23)24/h3-9H,10H2,1-2H3,(H,21,22). The molecule has 0 aliphatic carbocycles. The number of carbonyl (C=O) groups is 1. The summed E-state index contributed by atoms with van der Waals surface area (Å²) in [4.78, 5) is 11.4. The number of hydrogen-bond donors (Lipinski definition) is 1. The van der Waals surface area contributed by atoms with Gasteiger partial charge in [-0.3, -0.25) is 4.79 Å². The Morgan fingerprint density at radius 1 is 1.15 bits per heavy atom. The van der Waals surface area contributed by atoms with Gasteiger partial charge in [0.05, 0.1) is 6.54 Å². The molecule has 0 aliphatic rings. The molecule has 0 heterocycles. The molecule has 140 valence electrons. The maximum atomic E-state index is 13.8. The summed E-state index contributed by atoms with van der Waals surface area (Å²) in [6.45, 7) is 3.49. The minimum absolute atomic E-state index is 0.0656. The lowest BCUT2D eigenvalue weighted by Crippen LogP contribution is -2.42. The van der Waals surface area contributed by atoms with Crippen molar-refractivity contribution in [1.82, 2.24) is 5.32 Å².